The van der Waals surface area contributed by atoms with Crippen molar-refractivity contribution in [1.29, 1.82) is 0 Å². The summed E-state index contributed by atoms with van der Waals surface area (Å²) in [6, 6.07) is 43.8. The Morgan fingerprint density at radius 3 is 1.64 bits per heavy atom. The van der Waals surface area contributed by atoms with Crippen LogP contribution in [0.25, 0.3) is 55.0 Å². The second kappa shape index (κ2) is 27.4. The van der Waals surface area contributed by atoms with E-state index in [0.29, 0.717) is 23.7 Å². The smallest absolute Gasteiger partial charge is 0.0659 e. The summed E-state index contributed by atoms with van der Waals surface area (Å²) in [5.41, 5.74) is 13.7. The Kier molecular flexibility index (Phi) is 21.9. The minimum absolute atomic E-state index is 0.348. The van der Waals surface area contributed by atoms with Gasteiger partial charge in [-0.1, -0.05) is 258 Å². The summed E-state index contributed by atoms with van der Waals surface area (Å²) >= 11 is 0. The first-order chi connectivity index (χ1) is 32.1. The van der Waals surface area contributed by atoms with Crippen LogP contribution in [0.1, 0.15) is 132 Å². The summed E-state index contributed by atoms with van der Waals surface area (Å²) in [5, 5.41) is 5.01. The van der Waals surface area contributed by atoms with Gasteiger partial charge in [0.2, 0.25) is 0 Å². The zero-order valence-corrected chi connectivity index (χ0v) is 42.7. The Bertz CT molecular complexity index is 2570. The van der Waals surface area contributed by atoms with Gasteiger partial charge < -0.3 is 0 Å². The van der Waals surface area contributed by atoms with Crippen LogP contribution < -0.4 is 0 Å². The SMILES string of the molecule is CC.CC.CC/C(C)=C(/C=C\C=C(/C)c1ccc(-c2c3ccccc3c(C(/C=C\C(C)C(C)/C=C\C=C(\c3ccccc3)C(C)CC)=C/C(C)CC)c3ccccc23)cn1)c1ccccc1. The van der Waals surface area contributed by atoms with E-state index in [2.05, 4.69) is 245 Å². The predicted molar refractivity (Wildman–Crippen MR) is 297 cm³/mol. The first-order valence-electron chi connectivity index (χ1n) is 25.0. The molecule has 0 aliphatic heterocycles. The van der Waals surface area contributed by atoms with E-state index < -0.39 is 0 Å². The monoisotopic (exact) mass is 874 g/mol. The standard InChI is InChI=1S/C61H67N.2C2H6/c1-10-43(4)41-51(38-37-47(8)46(7)25-23-35-53(44(5)11-2)49-27-15-13-16-28-49)60-55-31-19-21-33-57(55)61(58-34-22-20-32-56(58)60)52-39-40-59(62-42-52)48(9)26-24-36-54(45(6)12-3)50-29-17-14-18-30-50;2*1-2/h13-44,46-47H,10-12H2,1-9H3;2*1-2H3/b25-23-,36-24-,38-37-,48-26+,51-41+,53-35+,54-45-;;. The molecule has 1 heterocycles. The van der Waals surface area contributed by atoms with Gasteiger partial charge in [0.05, 0.1) is 5.69 Å². The van der Waals surface area contributed by atoms with Gasteiger partial charge in [0.25, 0.3) is 0 Å². The molecule has 344 valence electrons. The average molecular weight is 874 g/mol. The van der Waals surface area contributed by atoms with Crippen LogP contribution in [0, 0.1) is 23.7 Å². The Hall–Kier alpha value is -6.05. The highest BCUT2D eigenvalue weighted by atomic mass is 14.7. The number of rotatable bonds is 17. The zero-order valence-electron chi connectivity index (χ0n) is 42.7. The second-order valence-electron chi connectivity index (χ2n) is 17.2. The summed E-state index contributed by atoms with van der Waals surface area (Å²) in [6.07, 6.45) is 26.2. The van der Waals surface area contributed by atoms with E-state index in [4.69, 9.17) is 4.98 Å². The molecule has 1 heteroatoms. The summed E-state index contributed by atoms with van der Waals surface area (Å²) in [5.74, 6) is 1.65. The fourth-order valence-electron chi connectivity index (χ4n) is 8.18. The molecule has 0 saturated carbocycles. The van der Waals surface area contributed by atoms with Crippen LogP contribution in [0.5, 0.6) is 0 Å². The highest BCUT2D eigenvalue weighted by Crippen LogP contribution is 2.43. The van der Waals surface area contributed by atoms with Crippen LogP contribution in [-0.4, -0.2) is 4.98 Å². The number of aromatic nitrogens is 1. The van der Waals surface area contributed by atoms with Crippen LogP contribution in [-0.2, 0) is 0 Å². The third-order valence-electron chi connectivity index (χ3n) is 12.8. The maximum atomic E-state index is 5.06. The van der Waals surface area contributed by atoms with Crippen LogP contribution in [0.3, 0.4) is 0 Å². The lowest BCUT2D eigenvalue weighted by molar-refractivity contribution is 0.558. The molecule has 0 radical (unpaired) electrons. The number of hydrogen-bond donors (Lipinski definition) is 0. The molecule has 0 spiro atoms. The highest BCUT2D eigenvalue weighted by molar-refractivity contribution is 6.19. The molecule has 0 saturated heterocycles. The van der Waals surface area contributed by atoms with Crippen molar-refractivity contribution in [3.63, 3.8) is 0 Å². The number of allylic oxidation sites excluding steroid dienone is 14. The van der Waals surface area contributed by atoms with Crippen molar-refractivity contribution in [2.45, 2.75) is 109 Å². The van der Waals surface area contributed by atoms with Crippen LogP contribution in [0.2, 0.25) is 0 Å². The van der Waals surface area contributed by atoms with Gasteiger partial charge in [0.15, 0.2) is 0 Å². The quantitative estimate of drug-likeness (QED) is 0.0657. The molecular weight excluding hydrogens is 795 g/mol. The normalized spacial score (nSPS) is 14.7. The molecule has 6 aromatic rings. The summed E-state index contributed by atoms with van der Waals surface area (Å²) in [7, 11) is 0. The Balaban J connectivity index is 0.00000232. The highest BCUT2D eigenvalue weighted by Gasteiger charge is 2.18. The lowest BCUT2D eigenvalue weighted by Gasteiger charge is -2.20. The summed E-state index contributed by atoms with van der Waals surface area (Å²) in [4.78, 5) is 5.06. The molecule has 1 aromatic heterocycles. The number of nitrogens with zero attached hydrogens (tertiary/aromatic N) is 1. The van der Waals surface area contributed by atoms with Gasteiger partial charge in [-0.3, -0.25) is 4.98 Å². The minimum Gasteiger partial charge on any atom is -0.256 e. The minimum atomic E-state index is 0.348. The maximum Gasteiger partial charge on any atom is 0.0659 e. The summed E-state index contributed by atoms with van der Waals surface area (Å²) < 4.78 is 0. The first kappa shape index (κ1) is 52.6. The van der Waals surface area contributed by atoms with Crippen molar-refractivity contribution < 1.29 is 0 Å². The third kappa shape index (κ3) is 13.7. The number of hydrogen-bond acceptors (Lipinski definition) is 1. The lowest BCUT2D eigenvalue weighted by atomic mass is 9.84. The van der Waals surface area contributed by atoms with Gasteiger partial charge in [0.1, 0.15) is 0 Å². The summed E-state index contributed by atoms with van der Waals surface area (Å²) in [6.45, 7) is 28.5. The molecule has 6 rings (SSSR count). The van der Waals surface area contributed by atoms with Crippen molar-refractivity contribution in [3.8, 4) is 11.1 Å². The van der Waals surface area contributed by atoms with Crippen molar-refractivity contribution >= 4 is 43.8 Å². The molecule has 66 heavy (non-hydrogen) atoms. The molecular formula is C65H79N. The van der Waals surface area contributed by atoms with E-state index in [1.54, 1.807) is 0 Å². The molecule has 0 bridgehead atoms. The second-order valence-corrected chi connectivity index (χ2v) is 17.2. The fourth-order valence-corrected chi connectivity index (χ4v) is 8.18. The lowest BCUT2D eigenvalue weighted by Crippen LogP contribution is -2.02. The molecule has 0 fully saturated rings. The molecule has 1 nitrogen and oxygen atoms in total. The van der Waals surface area contributed by atoms with Gasteiger partial charge >= 0.3 is 0 Å². The van der Waals surface area contributed by atoms with Crippen LogP contribution >= 0.6 is 0 Å². The van der Waals surface area contributed by atoms with Gasteiger partial charge in [-0.2, -0.15) is 0 Å². The Morgan fingerprint density at radius 1 is 0.561 bits per heavy atom. The first-order valence-corrected chi connectivity index (χ1v) is 25.0. The van der Waals surface area contributed by atoms with Gasteiger partial charge in [0, 0.05) is 11.8 Å². The van der Waals surface area contributed by atoms with E-state index >= 15 is 0 Å². The van der Waals surface area contributed by atoms with E-state index in [-0.39, 0.29) is 0 Å². The fraction of sp³-hybridized carbons (Fsp3) is 0.308. The molecule has 0 aliphatic carbocycles. The zero-order chi connectivity index (χ0) is 48.0. The largest absolute Gasteiger partial charge is 0.256 e. The molecule has 4 unspecified atom stereocenters. The molecule has 0 amide bonds. The third-order valence-corrected chi connectivity index (χ3v) is 12.8. The number of fused-ring (bicyclic) bond motifs is 2. The van der Waals surface area contributed by atoms with E-state index in [0.717, 1.165) is 36.1 Å². The topological polar surface area (TPSA) is 12.9 Å². The van der Waals surface area contributed by atoms with E-state index in [1.165, 1.54) is 66.1 Å². The number of pyridine rings is 1. The Labute approximate surface area is 401 Å². The van der Waals surface area contributed by atoms with Crippen molar-refractivity contribution in [1.82, 2.24) is 4.98 Å². The van der Waals surface area contributed by atoms with Crippen molar-refractivity contribution in [3.05, 3.63) is 210 Å². The molecule has 0 N–H and O–H groups in total. The van der Waals surface area contributed by atoms with Crippen molar-refractivity contribution in [2.75, 3.05) is 0 Å². The van der Waals surface area contributed by atoms with E-state index in [1.807, 2.05) is 27.7 Å². The van der Waals surface area contributed by atoms with Gasteiger partial charge in [-0.15, -0.1) is 0 Å². The van der Waals surface area contributed by atoms with Crippen LogP contribution in [0.4, 0.5) is 0 Å². The Morgan fingerprint density at radius 2 is 1.11 bits per heavy atom. The number of benzene rings is 5. The van der Waals surface area contributed by atoms with Gasteiger partial charge in [-0.25, -0.2) is 0 Å². The molecule has 4 atom stereocenters. The van der Waals surface area contributed by atoms with Gasteiger partial charge in [-0.05, 0) is 123 Å². The van der Waals surface area contributed by atoms with Crippen molar-refractivity contribution in [2.24, 2.45) is 23.7 Å². The van der Waals surface area contributed by atoms with E-state index in [9.17, 15) is 0 Å². The average Bonchev–Trinajstić information content (AvgIpc) is 3.38. The van der Waals surface area contributed by atoms with Crippen LogP contribution in [0.15, 0.2) is 188 Å². The predicted octanol–water partition coefficient (Wildman–Crippen LogP) is 19.9. The maximum absolute atomic E-state index is 5.06. The molecule has 0 aliphatic rings. The molecule has 5 aromatic carbocycles.